The largest absolute Gasteiger partial charge is 0.398 e. The molecule has 2 N–H and O–H groups in total. The molecular weight excluding hydrogens is 347 g/mol. The van der Waals surface area contributed by atoms with Crippen molar-refractivity contribution in [1.82, 2.24) is 0 Å². The van der Waals surface area contributed by atoms with E-state index in [0.29, 0.717) is 15.9 Å². The van der Waals surface area contributed by atoms with E-state index in [1.54, 1.807) is 18.2 Å². The van der Waals surface area contributed by atoms with Crippen LogP contribution in [-0.2, 0) is 5.75 Å². The van der Waals surface area contributed by atoms with E-state index in [9.17, 15) is 14.5 Å². The lowest BCUT2D eigenvalue weighted by molar-refractivity contribution is -0.385. The molecule has 0 saturated carbocycles. The molecule has 4 nitrogen and oxygen atoms in total. The fourth-order valence-electron chi connectivity index (χ4n) is 1.62. The van der Waals surface area contributed by atoms with Crippen molar-refractivity contribution in [2.24, 2.45) is 0 Å². The monoisotopic (exact) mass is 356 g/mol. The zero-order valence-electron chi connectivity index (χ0n) is 10.2. The number of thioether (sulfide) groups is 1. The van der Waals surface area contributed by atoms with Gasteiger partial charge in [0.1, 0.15) is 5.82 Å². The Balaban J connectivity index is 2.19. The summed E-state index contributed by atoms with van der Waals surface area (Å²) in [4.78, 5) is 11.1. The summed E-state index contributed by atoms with van der Waals surface area (Å²) >= 11 is 4.64. The molecule has 0 bridgehead atoms. The smallest absolute Gasteiger partial charge is 0.283 e. The highest BCUT2D eigenvalue weighted by Crippen LogP contribution is 2.34. The summed E-state index contributed by atoms with van der Waals surface area (Å²) in [6, 6.07) is 9.05. The van der Waals surface area contributed by atoms with E-state index in [1.165, 1.54) is 30.0 Å². The number of anilines is 1. The van der Waals surface area contributed by atoms with Gasteiger partial charge in [-0.15, -0.1) is 11.8 Å². The van der Waals surface area contributed by atoms with Gasteiger partial charge in [-0.3, -0.25) is 10.1 Å². The molecule has 0 aliphatic carbocycles. The van der Waals surface area contributed by atoms with Crippen molar-refractivity contribution in [2.45, 2.75) is 10.6 Å². The molecule has 0 atom stereocenters. The lowest BCUT2D eigenvalue weighted by atomic mass is 10.2. The fourth-order valence-corrected chi connectivity index (χ4v) is 3.30. The molecule has 20 heavy (non-hydrogen) atoms. The van der Waals surface area contributed by atoms with Gasteiger partial charge in [0, 0.05) is 22.4 Å². The SMILES string of the molecule is Nc1cc(F)ccc1SCc1cccc([N+](=O)[O-])c1Br. The first-order chi connectivity index (χ1) is 9.49. The van der Waals surface area contributed by atoms with Gasteiger partial charge in [0.05, 0.1) is 9.40 Å². The molecule has 0 fully saturated rings. The summed E-state index contributed by atoms with van der Waals surface area (Å²) in [5, 5.41) is 10.8. The van der Waals surface area contributed by atoms with Crippen molar-refractivity contribution in [3.63, 3.8) is 0 Å². The van der Waals surface area contributed by atoms with Crippen LogP contribution < -0.4 is 5.73 Å². The van der Waals surface area contributed by atoms with Gasteiger partial charge >= 0.3 is 0 Å². The van der Waals surface area contributed by atoms with Gasteiger partial charge in [-0.05, 0) is 39.7 Å². The number of benzene rings is 2. The Labute approximate surface area is 127 Å². The topological polar surface area (TPSA) is 69.2 Å². The van der Waals surface area contributed by atoms with Crippen molar-refractivity contribution in [2.75, 3.05) is 5.73 Å². The summed E-state index contributed by atoms with van der Waals surface area (Å²) in [7, 11) is 0. The van der Waals surface area contributed by atoms with E-state index in [1.807, 2.05) is 0 Å². The molecule has 104 valence electrons. The highest BCUT2D eigenvalue weighted by Gasteiger charge is 2.15. The third kappa shape index (κ3) is 3.29. The number of rotatable bonds is 4. The van der Waals surface area contributed by atoms with E-state index in [-0.39, 0.29) is 11.5 Å². The second kappa shape index (κ2) is 6.23. The van der Waals surface area contributed by atoms with Gasteiger partial charge in [-0.1, -0.05) is 12.1 Å². The Morgan fingerprint density at radius 1 is 1.35 bits per heavy atom. The number of hydrogen-bond acceptors (Lipinski definition) is 4. The van der Waals surface area contributed by atoms with Crippen LogP contribution in [0.5, 0.6) is 0 Å². The van der Waals surface area contributed by atoms with Gasteiger partial charge < -0.3 is 5.73 Å². The molecule has 2 aromatic carbocycles. The predicted molar refractivity (Wildman–Crippen MR) is 81.2 cm³/mol. The predicted octanol–water partition coefficient (Wildman–Crippen LogP) is 4.37. The van der Waals surface area contributed by atoms with Gasteiger partial charge in [-0.25, -0.2) is 4.39 Å². The number of nitrogens with zero attached hydrogens (tertiary/aromatic N) is 1. The molecule has 7 heteroatoms. The Morgan fingerprint density at radius 2 is 2.10 bits per heavy atom. The average Bonchev–Trinajstić information content (AvgIpc) is 2.39. The highest BCUT2D eigenvalue weighted by molar-refractivity contribution is 9.10. The number of hydrogen-bond donors (Lipinski definition) is 1. The quantitative estimate of drug-likeness (QED) is 0.382. The zero-order chi connectivity index (χ0) is 14.7. The minimum atomic E-state index is -0.440. The molecule has 2 rings (SSSR count). The lowest BCUT2D eigenvalue weighted by Crippen LogP contribution is -1.94. The highest BCUT2D eigenvalue weighted by atomic mass is 79.9. The minimum Gasteiger partial charge on any atom is -0.398 e. The maximum atomic E-state index is 12.9. The van der Waals surface area contributed by atoms with Crippen LogP contribution in [0.2, 0.25) is 0 Å². The van der Waals surface area contributed by atoms with Crippen LogP contribution in [0.4, 0.5) is 15.8 Å². The third-order valence-corrected chi connectivity index (χ3v) is 4.66. The molecule has 0 radical (unpaired) electrons. The Hall–Kier alpha value is -1.60. The third-order valence-electron chi connectivity index (χ3n) is 2.61. The van der Waals surface area contributed by atoms with Crippen molar-refractivity contribution < 1.29 is 9.31 Å². The summed E-state index contributed by atoms with van der Waals surface area (Å²) in [5.74, 6) is 0.112. The second-order valence-corrected chi connectivity index (χ2v) is 5.79. The standard InChI is InChI=1S/C13H10BrFN2O2S/c14-13-8(2-1-3-11(13)17(18)19)7-20-12-5-4-9(15)6-10(12)16/h1-6H,7,16H2. The van der Waals surface area contributed by atoms with Gasteiger partial charge in [0.25, 0.3) is 5.69 Å². The lowest BCUT2D eigenvalue weighted by Gasteiger charge is -2.07. The Morgan fingerprint density at radius 3 is 2.75 bits per heavy atom. The first kappa shape index (κ1) is 14.8. The van der Waals surface area contributed by atoms with Crippen LogP contribution in [0, 0.1) is 15.9 Å². The van der Waals surface area contributed by atoms with E-state index < -0.39 is 4.92 Å². The molecule has 0 aliphatic rings. The molecule has 0 amide bonds. The van der Waals surface area contributed by atoms with Crippen LogP contribution in [0.3, 0.4) is 0 Å². The van der Waals surface area contributed by atoms with E-state index in [0.717, 1.165) is 10.5 Å². The normalized spacial score (nSPS) is 10.5. The van der Waals surface area contributed by atoms with Crippen molar-refractivity contribution in [3.8, 4) is 0 Å². The van der Waals surface area contributed by atoms with Crippen molar-refractivity contribution >= 4 is 39.1 Å². The zero-order valence-corrected chi connectivity index (χ0v) is 12.6. The summed E-state index contributed by atoms with van der Waals surface area (Å²) in [5.41, 5.74) is 6.89. The van der Waals surface area contributed by atoms with Gasteiger partial charge in [0.2, 0.25) is 0 Å². The van der Waals surface area contributed by atoms with Crippen LogP contribution in [-0.4, -0.2) is 4.92 Å². The minimum absolute atomic E-state index is 0.0233. The molecule has 2 aromatic rings. The van der Waals surface area contributed by atoms with Gasteiger partial charge in [-0.2, -0.15) is 0 Å². The number of nitro benzene ring substituents is 1. The number of halogens is 2. The van der Waals surface area contributed by atoms with E-state index in [2.05, 4.69) is 15.9 Å². The average molecular weight is 357 g/mol. The molecular formula is C13H10BrFN2O2S. The molecule has 0 heterocycles. The van der Waals surface area contributed by atoms with Crippen LogP contribution in [0.1, 0.15) is 5.56 Å². The number of nitrogen functional groups attached to an aromatic ring is 1. The van der Waals surface area contributed by atoms with E-state index in [4.69, 9.17) is 5.73 Å². The first-order valence-corrected chi connectivity index (χ1v) is 7.36. The molecule has 0 unspecified atom stereocenters. The molecule has 0 spiro atoms. The Bertz CT molecular complexity index is 667. The van der Waals surface area contributed by atoms with E-state index >= 15 is 0 Å². The molecule has 0 aromatic heterocycles. The molecule has 0 aliphatic heterocycles. The first-order valence-electron chi connectivity index (χ1n) is 5.58. The van der Waals surface area contributed by atoms with Crippen LogP contribution in [0.25, 0.3) is 0 Å². The summed E-state index contributed by atoms with van der Waals surface area (Å²) in [6.45, 7) is 0. The fraction of sp³-hybridized carbons (Fsp3) is 0.0769. The van der Waals surface area contributed by atoms with Crippen molar-refractivity contribution in [1.29, 1.82) is 0 Å². The summed E-state index contributed by atoms with van der Waals surface area (Å²) < 4.78 is 13.4. The Kier molecular flexibility index (Phi) is 4.61. The summed E-state index contributed by atoms with van der Waals surface area (Å²) in [6.07, 6.45) is 0. The number of nitrogens with two attached hydrogens (primary N) is 1. The van der Waals surface area contributed by atoms with Crippen LogP contribution >= 0.6 is 27.7 Å². The second-order valence-electron chi connectivity index (χ2n) is 3.98. The van der Waals surface area contributed by atoms with Crippen LogP contribution in [0.15, 0.2) is 45.8 Å². The molecule has 0 saturated heterocycles. The number of nitro groups is 1. The maximum Gasteiger partial charge on any atom is 0.283 e. The maximum absolute atomic E-state index is 12.9. The van der Waals surface area contributed by atoms with Crippen molar-refractivity contribution in [3.05, 3.63) is 62.4 Å². The van der Waals surface area contributed by atoms with Gasteiger partial charge in [0.15, 0.2) is 0 Å².